The number of rotatable bonds is 8. The number of carboxylic acid groups (broad SMARTS) is 1. The van der Waals surface area contributed by atoms with Crippen molar-refractivity contribution < 1.29 is 27.5 Å². The number of halogens is 3. The molecule has 0 bridgehead atoms. The van der Waals surface area contributed by atoms with Crippen LogP contribution in [0, 0.1) is 5.82 Å². The van der Waals surface area contributed by atoms with Gasteiger partial charge in [0, 0.05) is 23.3 Å². The Hall–Kier alpha value is -3.42. The molecule has 0 saturated heterocycles. The number of amides is 1. The number of aliphatic carboxylic acids is 1. The van der Waals surface area contributed by atoms with Crippen molar-refractivity contribution in [2.24, 2.45) is 0 Å². The van der Waals surface area contributed by atoms with Crippen molar-refractivity contribution >= 4 is 70.5 Å². The van der Waals surface area contributed by atoms with E-state index in [1.54, 1.807) is 6.07 Å². The van der Waals surface area contributed by atoms with Crippen LogP contribution in [-0.2, 0) is 21.2 Å². The molecule has 1 aromatic heterocycles. The predicted molar refractivity (Wildman–Crippen MR) is 141 cm³/mol. The molecule has 0 aliphatic heterocycles. The molecular formula is C24H17Br2FN4O5S. The summed E-state index contributed by atoms with van der Waals surface area (Å²) in [5.41, 5.74) is 0.796. The van der Waals surface area contributed by atoms with Gasteiger partial charge < -0.3 is 10.4 Å². The minimum atomic E-state index is -4.23. The molecule has 9 nitrogen and oxygen atoms in total. The highest BCUT2D eigenvalue weighted by Crippen LogP contribution is 2.27. The molecule has 1 amide bonds. The van der Waals surface area contributed by atoms with Gasteiger partial charge in [-0.2, -0.15) is 0 Å². The van der Waals surface area contributed by atoms with Crippen LogP contribution in [0.2, 0.25) is 0 Å². The molecule has 0 fully saturated rings. The van der Waals surface area contributed by atoms with Crippen molar-refractivity contribution in [2.75, 3.05) is 4.72 Å². The minimum Gasteiger partial charge on any atom is -0.480 e. The molecule has 0 radical (unpaired) electrons. The van der Waals surface area contributed by atoms with Gasteiger partial charge in [-0.05, 0) is 64.0 Å². The molecule has 1 heterocycles. The molecule has 3 N–H and O–H groups in total. The van der Waals surface area contributed by atoms with Crippen molar-refractivity contribution in [1.29, 1.82) is 0 Å². The second-order valence-electron chi connectivity index (χ2n) is 7.79. The third-order valence-corrected chi connectivity index (χ3v) is 7.75. The Kier molecular flexibility index (Phi) is 7.85. The van der Waals surface area contributed by atoms with Crippen LogP contribution in [-0.4, -0.2) is 41.4 Å². The quantitative estimate of drug-likeness (QED) is 0.255. The van der Waals surface area contributed by atoms with E-state index in [0.717, 1.165) is 0 Å². The number of nitrogens with one attached hydrogen (secondary N) is 2. The second-order valence-corrected chi connectivity index (χ2v) is 11.2. The molecule has 190 valence electrons. The number of carboxylic acids is 1. The maximum absolute atomic E-state index is 13.5. The first kappa shape index (κ1) is 26.6. The first-order valence-electron chi connectivity index (χ1n) is 10.5. The molecule has 4 aromatic rings. The molecule has 1 unspecified atom stereocenters. The number of aromatic nitrogens is 2. The number of carbonyl (C=O) groups is 2. The van der Waals surface area contributed by atoms with Crippen LogP contribution in [0.15, 0.2) is 80.8 Å². The van der Waals surface area contributed by atoms with Crippen molar-refractivity contribution in [3.63, 3.8) is 0 Å². The summed E-state index contributed by atoms with van der Waals surface area (Å²) in [6.45, 7) is 0. The number of nitrogens with zero attached hydrogens (tertiary/aromatic N) is 2. The summed E-state index contributed by atoms with van der Waals surface area (Å²) in [5, 5.41) is 12.1. The van der Waals surface area contributed by atoms with E-state index < -0.39 is 33.8 Å². The fourth-order valence-electron chi connectivity index (χ4n) is 3.52. The van der Waals surface area contributed by atoms with Crippen LogP contribution < -0.4 is 10.0 Å². The summed E-state index contributed by atoms with van der Waals surface area (Å²) in [5.74, 6) is -2.65. The van der Waals surface area contributed by atoms with Crippen LogP contribution in [0.3, 0.4) is 0 Å². The lowest BCUT2D eigenvalue weighted by molar-refractivity contribution is -0.139. The summed E-state index contributed by atoms with van der Waals surface area (Å²) in [7, 11) is -4.23. The zero-order chi connectivity index (χ0) is 26.7. The fourth-order valence-corrected chi connectivity index (χ4v) is 5.55. The van der Waals surface area contributed by atoms with E-state index >= 15 is 0 Å². The van der Waals surface area contributed by atoms with E-state index in [4.69, 9.17) is 0 Å². The number of fused-ring (bicyclic) bond motifs is 1. The molecule has 1 atom stereocenters. The Morgan fingerprint density at radius 2 is 1.78 bits per heavy atom. The second kappa shape index (κ2) is 10.9. The van der Waals surface area contributed by atoms with Crippen LogP contribution in [0.5, 0.6) is 0 Å². The number of benzene rings is 3. The van der Waals surface area contributed by atoms with Gasteiger partial charge in [0.1, 0.15) is 22.3 Å². The number of sulfonamides is 1. The average Bonchev–Trinajstić information content (AvgIpc) is 2.85. The highest BCUT2D eigenvalue weighted by molar-refractivity contribution is 9.10. The molecule has 13 heteroatoms. The molecule has 0 spiro atoms. The van der Waals surface area contributed by atoms with Crippen LogP contribution >= 0.6 is 31.9 Å². The van der Waals surface area contributed by atoms with Gasteiger partial charge in [0.05, 0.1) is 21.2 Å². The molecule has 0 aliphatic carbocycles. The van der Waals surface area contributed by atoms with Gasteiger partial charge in [0.25, 0.3) is 15.9 Å². The summed E-state index contributed by atoms with van der Waals surface area (Å²) in [4.78, 5) is 33.1. The standard InChI is InChI=1S/C24H17Br2FN4O5S/c25-14-5-6-15(23(32)30-20(24(33)34)11-13-4-7-17(27)16(26)10-13)19(12-14)31-37(35,36)21-3-1-2-18-22(21)29-9-8-28-18/h1-10,12,20,31H,11H2,(H,30,32)(H,33,34). The summed E-state index contributed by atoms with van der Waals surface area (Å²) in [6.07, 6.45) is 2.67. The van der Waals surface area contributed by atoms with E-state index in [1.807, 2.05) is 0 Å². The van der Waals surface area contributed by atoms with Crippen LogP contribution in [0.1, 0.15) is 15.9 Å². The highest BCUT2D eigenvalue weighted by Gasteiger charge is 2.26. The molecular weight excluding hydrogens is 635 g/mol. The lowest BCUT2D eigenvalue weighted by Crippen LogP contribution is -2.42. The van der Waals surface area contributed by atoms with Crippen LogP contribution in [0.4, 0.5) is 10.1 Å². The Bertz CT molecular complexity index is 1630. The maximum atomic E-state index is 13.5. The van der Waals surface area contributed by atoms with E-state index in [9.17, 15) is 27.5 Å². The van der Waals surface area contributed by atoms with Gasteiger partial charge in [-0.1, -0.05) is 28.1 Å². The average molecular weight is 652 g/mol. The summed E-state index contributed by atoms with van der Waals surface area (Å²) >= 11 is 6.31. The van der Waals surface area contributed by atoms with Gasteiger partial charge in [-0.15, -0.1) is 0 Å². The Morgan fingerprint density at radius 1 is 1.03 bits per heavy atom. The maximum Gasteiger partial charge on any atom is 0.326 e. The van der Waals surface area contributed by atoms with Crippen molar-refractivity contribution in [3.8, 4) is 0 Å². The van der Waals surface area contributed by atoms with Crippen molar-refractivity contribution in [2.45, 2.75) is 17.4 Å². The fraction of sp³-hybridized carbons (Fsp3) is 0.0833. The largest absolute Gasteiger partial charge is 0.480 e. The zero-order valence-corrected chi connectivity index (χ0v) is 22.6. The number of para-hydroxylation sites is 1. The van der Waals surface area contributed by atoms with Gasteiger partial charge in [-0.25, -0.2) is 17.6 Å². The first-order chi connectivity index (χ1) is 17.5. The van der Waals surface area contributed by atoms with Gasteiger partial charge in [-0.3, -0.25) is 19.5 Å². The smallest absolute Gasteiger partial charge is 0.326 e. The third-order valence-electron chi connectivity index (χ3n) is 5.25. The van der Waals surface area contributed by atoms with E-state index in [-0.39, 0.29) is 32.6 Å². The molecule has 0 saturated carbocycles. The summed E-state index contributed by atoms with van der Waals surface area (Å²) in [6, 6.07) is 11.4. The van der Waals surface area contributed by atoms with E-state index in [1.165, 1.54) is 60.9 Å². The number of carbonyl (C=O) groups excluding carboxylic acids is 1. The predicted octanol–water partition coefficient (Wildman–Crippen LogP) is 4.52. The first-order valence-corrected chi connectivity index (χ1v) is 13.6. The lowest BCUT2D eigenvalue weighted by atomic mass is 10.0. The molecule has 37 heavy (non-hydrogen) atoms. The van der Waals surface area contributed by atoms with E-state index in [2.05, 4.69) is 51.9 Å². The number of anilines is 1. The van der Waals surface area contributed by atoms with Crippen molar-refractivity contribution in [1.82, 2.24) is 15.3 Å². The van der Waals surface area contributed by atoms with Gasteiger partial charge >= 0.3 is 5.97 Å². The Balaban J connectivity index is 1.63. The summed E-state index contributed by atoms with van der Waals surface area (Å²) < 4.78 is 43.1. The molecule has 4 rings (SSSR count). The zero-order valence-electron chi connectivity index (χ0n) is 18.7. The minimum absolute atomic E-state index is 0.0820. The Labute approximate surface area is 227 Å². The topological polar surface area (TPSA) is 138 Å². The SMILES string of the molecule is O=C(NC(Cc1ccc(F)c(Br)c1)C(=O)O)c1ccc(Br)cc1NS(=O)(=O)c1cccc2nccnc12. The number of hydrogen-bond donors (Lipinski definition) is 3. The highest BCUT2D eigenvalue weighted by atomic mass is 79.9. The van der Waals surface area contributed by atoms with Gasteiger partial charge in [0.15, 0.2) is 0 Å². The molecule has 0 aliphatic rings. The third kappa shape index (κ3) is 6.12. The van der Waals surface area contributed by atoms with Crippen molar-refractivity contribution in [3.05, 3.63) is 92.9 Å². The van der Waals surface area contributed by atoms with Gasteiger partial charge in [0.2, 0.25) is 0 Å². The normalized spacial score (nSPS) is 12.2. The number of hydrogen-bond acceptors (Lipinski definition) is 6. The Morgan fingerprint density at radius 3 is 2.51 bits per heavy atom. The lowest BCUT2D eigenvalue weighted by Gasteiger charge is -2.18. The monoisotopic (exact) mass is 650 g/mol. The van der Waals surface area contributed by atoms with E-state index in [0.29, 0.717) is 15.6 Å². The van der Waals surface area contributed by atoms with Crippen LogP contribution in [0.25, 0.3) is 11.0 Å². The molecule has 3 aromatic carbocycles.